The van der Waals surface area contributed by atoms with Crippen molar-refractivity contribution in [3.8, 4) is 5.75 Å². The topological polar surface area (TPSA) is 58.6 Å². The summed E-state index contributed by atoms with van der Waals surface area (Å²) in [5, 5.41) is 3.09. The van der Waals surface area contributed by atoms with Crippen LogP contribution in [0.1, 0.15) is 48.6 Å². The van der Waals surface area contributed by atoms with Gasteiger partial charge in [0, 0.05) is 23.0 Å². The standard InChI is InChI=1S/C31H37BrN2O3/c1-21-12-10-11-15-25(21)19-34(28(35)20-37-26-16-22(2)29(32)23(3)17-26)27(30(36)33-31(4,5)6)18-24-13-8-7-9-14-24/h7-17,27H,18-20H2,1-6H3,(H,33,36)/t27-/m0/s1. The highest BCUT2D eigenvalue weighted by atomic mass is 79.9. The van der Waals surface area contributed by atoms with Crippen LogP contribution in [0, 0.1) is 20.8 Å². The molecule has 0 saturated heterocycles. The van der Waals surface area contributed by atoms with E-state index in [4.69, 9.17) is 4.74 Å². The maximum Gasteiger partial charge on any atom is 0.261 e. The average molecular weight is 566 g/mol. The molecule has 6 heteroatoms. The number of amides is 2. The van der Waals surface area contributed by atoms with E-state index in [1.165, 1.54) is 0 Å². The molecule has 3 aromatic carbocycles. The molecule has 0 unspecified atom stereocenters. The second-order valence-electron chi connectivity index (χ2n) is 10.6. The van der Waals surface area contributed by atoms with Crippen molar-refractivity contribution >= 4 is 27.7 Å². The van der Waals surface area contributed by atoms with Gasteiger partial charge in [-0.15, -0.1) is 0 Å². The molecule has 0 radical (unpaired) electrons. The molecule has 2 amide bonds. The minimum absolute atomic E-state index is 0.166. The van der Waals surface area contributed by atoms with E-state index in [-0.39, 0.29) is 18.4 Å². The molecule has 0 aliphatic carbocycles. The summed E-state index contributed by atoms with van der Waals surface area (Å²) in [4.78, 5) is 29.1. The van der Waals surface area contributed by atoms with Crippen LogP contribution in [0.3, 0.4) is 0 Å². The van der Waals surface area contributed by atoms with Crippen LogP contribution in [0.2, 0.25) is 0 Å². The van der Waals surface area contributed by atoms with E-state index < -0.39 is 11.6 Å². The zero-order chi connectivity index (χ0) is 27.2. The Morgan fingerprint density at radius 1 is 0.919 bits per heavy atom. The molecule has 3 rings (SSSR count). The first-order valence-corrected chi connectivity index (χ1v) is 13.3. The number of carbonyl (C=O) groups excluding carboxylic acids is 2. The lowest BCUT2D eigenvalue weighted by molar-refractivity contribution is -0.143. The second kappa shape index (κ2) is 12.4. The van der Waals surface area contributed by atoms with Gasteiger partial charge in [-0.05, 0) is 81.5 Å². The third-order valence-electron chi connectivity index (χ3n) is 6.14. The van der Waals surface area contributed by atoms with Gasteiger partial charge in [0.1, 0.15) is 11.8 Å². The zero-order valence-corrected chi connectivity index (χ0v) is 24.2. The molecule has 1 atom stereocenters. The van der Waals surface area contributed by atoms with Gasteiger partial charge < -0.3 is 15.0 Å². The molecule has 5 nitrogen and oxygen atoms in total. The average Bonchev–Trinajstić information content (AvgIpc) is 2.83. The lowest BCUT2D eigenvalue weighted by Crippen LogP contribution is -2.55. The van der Waals surface area contributed by atoms with Crippen molar-refractivity contribution in [1.82, 2.24) is 10.2 Å². The monoisotopic (exact) mass is 564 g/mol. The smallest absolute Gasteiger partial charge is 0.261 e. The van der Waals surface area contributed by atoms with Gasteiger partial charge in [0.15, 0.2) is 6.61 Å². The Morgan fingerprint density at radius 3 is 2.11 bits per heavy atom. The minimum Gasteiger partial charge on any atom is -0.484 e. The summed E-state index contributed by atoms with van der Waals surface area (Å²) in [5.74, 6) is 0.196. The fraction of sp³-hybridized carbons (Fsp3) is 0.355. The van der Waals surface area contributed by atoms with Crippen molar-refractivity contribution in [3.63, 3.8) is 0 Å². The number of ether oxygens (including phenoxy) is 1. The van der Waals surface area contributed by atoms with E-state index in [0.29, 0.717) is 18.7 Å². The minimum atomic E-state index is -0.703. The Hall–Kier alpha value is -3.12. The molecule has 0 saturated carbocycles. The van der Waals surface area contributed by atoms with Gasteiger partial charge in [0.05, 0.1) is 0 Å². The van der Waals surface area contributed by atoms with Crippen molar-refractivity contribution in [1.29, 1.82) is 0 Å². The van der Waals surface area contributed by atoms with Gasteiger partial charge in [0.25, 0.3) is 5.91 Å². The normalized spacial score (nSPS) is 12.1. The number of nitrogens with one attached hydrogen (secondary N) is 1. The summed E-state index contributed by atoms with van der Waals surface area (Å²) in [6.45, 7) is 12.0. The Morgan fingerprint density at radius 2 is 1.51 bits per heavy atom. The van der Waals surface area contributed by atoms with Crippen molar-refractivity contribution in [3.05, 3.63) is 99.0 Å². The Labute approximate surface area is 229 Å². The highest BCUT2D eigenvalue weighted by Gasteiger charge is 2.32. The van der Waals surface area contributed by atoms with E-state index in [9.17, 15) is 9.59 Å². The van der Waals surface area contributed by atoms with Crippen LogP contribution in [-0.2, 0) is 22.6 Å². The lowest BCUT2D eigenvalue weighted by atomic mass is 10.00. The van der Waals surface area contributed by atoms with Crippen molar-refractivity contribution in [2.45, 2.75) is 66.1 Å². The van der Waals surface area contributed by atoms with Crippen LogP contribution in [0.15, 0.2) is 71.2 Å². The van der Waals surface area contributed by atoms with Crippen LogP contribution in [0.4, 0.5) is 0 Å². The van der Waals surface area contributed by atoms with E-state index in [0.717, 1.165) is 32.3 Å². The highest BCUT2D eigenvalue weighted by Crippen LogP contribution is 2.26. The van der Waals surface area contributed by atoms with Crippen LogP contribution in [0.25, 0.3) is 0 Å². The maximum atomic E-state index is 13.8. The number of rotatable bonds is 9. The van der Waals surface area contributed by atoms with Gasteiger partial charge in [-0.3, -0.25) is 9.59 Å². The molecule has 37 heavy (non-hydrogen) atoms. The first kappa shape index (κ1) is 28.5. The van der Waals surface area contributed by atoms with Gasteiger partial charge in [-0.2, -0.15) is 0 Å². The predicted octanol–water partition coefficient (Wildman–Crippen LogP) is 6.31. The fourth-order valence-electron chi connectivity index (χ4n) is 4.20. The van der Waals surface area contributed by atoms with Crippen molar-refractivity contribution in [2.75, 3.05) is 6.61 Å². The van der Waals surface area contributed by atoms with Crippen molar-refractivity contribution < 1.29 is 14.3 Å². The van der Waals surface area contributed by atoms with Gasteiger partial charge in [0.2, 0.25) is 5.91 Å². The largest absolute Gasteiger partial charge is 0.484 e. The first-order valence-electron chi connectivity index (χ1n) is 12.5. The first-order chi connectivity index (χ1) is 17.4. The van der Waals surface area contributed by atoms with E-state index in [1.807, 2.05) is 108 Å². The summed E-state index contributed by atoms with van der Waals surface area (Å²) in [5.41, 5.74) is 4.67. The molecule has 196 valence electrons. The maximum absolute atomic E-state index is 13.8. The SMILES string of the molecule is Cc1ccccc1CN(C(=O)COc1cc(C)c(Br)c(C)c1)[C@@H](Cc1ccccc1)C(=O)NC(C)(C)C. The zero-order valence-electron chi connectivity index (χ0n) is 22.6. The highest BCUT2D eigenvalue weighted by molar-refractivity contribution is 9.10. The summed E-state index contributed by atoms with van der Waals surface area (Å²) < 4.78 is 6.99. The molecule has 0 fully saturated rings. The van der Waals surface area contributed by atoms with E-state index in [2.05, 4.69) is 21.2 Å². The third-order valence-corrected chi connectivity index (χ3v) is 7.39. The molecule has 3 aromatic rings. The van der Waals surface area contributed by atoms with Crippen LogP contribution in [0.5, 0.6) is 5.75 Å². The second-order valence-corrected chi connectivity index (χ2v) is 11.3. The summed E-state index contributed by atoms with van der Waals surface area (Å²) in [7, 11) is 0. The molecule has 0 aromatic heterocycles. The van der Waals surface area contributed by atoms with Crippen molar-refractivity contribution in [2.24, 2.45) is 0 Å². The summed E-state index contributed by atoms with van der Waals surface area (Å²) in [6, 6.07) is 20.9. The molecule has 0 aliphatic heterocycles. The molecule has 0 bridgehead atoms. The Balaban J connectivity index is 1.95. The lowest BCUT2D eigenvalue weighted by Gasteiger charge is -2.34. The van der Waals surface area contributed by atoms with Gasteiger partial charge in [-0.25, -0.2) is 0 Å². The number of hydrogen-bond donors (Lipinski definition) is 1. The van der Waals surface area contributed by atoms with Crippen LogP contribution >= 0.6 is 15.9 Å². The molecule has 0 aliphatic rings. The fourth-order valence-corrected chi connectivity index (χ4v) is 4.42. The van der Waals surface area contributed by atoms with Crippen LogP contribution < -0.4 is 10.1 Å². The summed E-state index contributed by atoms with van der Waals surface area (Å²) in [6.07, 6.45) is 0.400. The number of aryl methyl sites for hydroxylation is 3. The number of carbonyl (C=O) groups is 2. The molecular formula is C31H37BrN2O3. The third kappa shape index (κ3) is 8.19. The Bertz CT molecular complexity index is 1210. The number of nitrogens with zero attached hydrogens (tertiary/aromatic N) is 1. The summed E-state index contributed by atoms with van der Waals surface area (Å²) >= 11 is 3.58. The van der Waals surface area contributed by atoms with E-state index >= 15 is 0 Å². The Kier molecular flexibility index (Phi) is 9.55. The number of hydrogen-bond acceptors (Lipinski definition) is 3. The molecule has 0 spiro atoms. The number of benzene rings is 3. The van der Waals surface area contributed by atoms with Gasteiger partial charge >= 0.3 is 0 Å². The van der Waals surface area contributed by atoms with Gasteiger partial charge in [-0.1, -0.05) is 70.5 Å². The number of halogens is 1. The van der Waals surface area contributed by atoms with E-state index in [1.54, 1.807) is 4.90 Å². The molecule has 0 heterocycles. The molecule has 1 N–H and O–H groups in total. The quantitative estimate of drug-likeness (QED) is 0.331. The predicted molar refractivity (Wildman–Crippen MR) is 153 cm³/mol. The van der Waals surface area contributed by atoms with Crippen LogP contribution in [-0.4, -0.2) is 34.9 Å². The molecular weight excluding hydrogens is 528 g/mol.